The Morgan fingerprint density at radius 3 is 2.90 bits per heavy atom. The quantitative estimate of drug-likeness (QED) is 0.816. The summed E-state index contributed by atoms with van der Waals surface area (Å²) < 4.78 is 6.92. The number of benzene rings is 2. The summed E-state index contributed by atoms with van der Waals surface area (Å²) in [4.78, 5) is 0. The zero-order valence-corrected chi connectivity index (χ0v) is 14.0. The molecule has 1 N–H and O–H groups in total. The second-order valence-corrected chi connectivity index (χ2v) is 6.43. The summed E-state index contributed by atoms with van der Waals surface area (Å²) in [6, 6.07) is 13.3. The van der Waals surface area contributed by atoms with Gasteiger partial charge in [0.15, 0.2) is 0 Å². The van der Waals surface area contributed by atoms with Gasteiger partial charge in [0.25, 0.3) is 0 Å². The van der Waals surface area contributed by atoms with Gasteiger partial charge in [0.05, 0.1) is 18.3 Å². The summed E-state index contributed by atoms with van der Waals surface area (Å²) in [5, 5.41) is 3.66. The minimum Gasteiger partial charge on any atom is -0.492 e. The third kappa shape index (κ3) is 3.08. The van der Waals surface area contributed by atoms with E-state index in [2.05, 4.69) is 64.6 Å². The molecule has 1 aliphatic rings. The molecule has 0 saturated heterocycles. The molecule has 21 heavy (non-hydrogen) atoms. The van der Waals surface area contributed by atoms with Gasteiger partial charge in [-0.25, -0.2) is 0 Å². The fourth-order valence-electron chi connectivity index (χ4n) is 2.95. The molecule has 0 heterocycles. The Labute approximate surface area is 134 Å². The number of rotatable bonds is 4. The molecule has 2 nitrogen and oxygen atoms in total. The average Bonchev–Trinajstić information content (AvgIpc) is 2.84. The number of nitrogens with one attached hydrogen (secondary N) is 1. The molecule has 0 amide bonds. The molecule has 2 aromatic rings. The number of aryl methyl sites for hydroxylation is 2. The van der Waals surface area contributed by atoms with Crippen LogP contribution in [0.4, 0.5) is 5.69 Å². The highest BCUT2D eigenvalue weighted by atomic mass is 79.9. The van der Waals surface area contributed by atoms with E-state index in [9.17, 15) is 0 Å². The Hall–Kier alpha value is -1.48. The second kappa shape index (κ2) is 6.10. The second-order valence-electron chi connectivity index (χ2n) is 5.51. The van der Waals surface area contributed by atoms with Crippen LogP contribution >= 0.6 is 15.9 Å². The molecule has 1 atom stereocenters. The maximum atomic E-state index is 5.77. The van der Waals surface area contributed by atoms with Crippen molar-refractivity contribution >= 4 is 21.6 Å². The summed E-state index contributed by atoms with van der Waals surface area (Å²) >= 11 is 3.55. The molecular weight excluding hydrogens is 326 g/mol. The maximum Gasteiger partial charge on any atom is 0.142 e. The lowest BCUT2D eigenvalue weighted by Crippen LogP contribution is -2.08. The van der Waals surface area contributed by atoms with Crippen LogP contribution in [0.25, 0.3) is 0 Å². The molecule has 0 radical (unpaired) electrons. The van der Waals surface area contributed by atoms with Crippen LogP contribution in [0.3, 0.4) is 0 Å². The van der Waals surface area contributed by atoms with Crippen molar-refractivity contribution in [3.8, 4) is 5.75 Å². The topological polar surface area (TPSA) is 21.3 Å². The van der Waals surface area contributed by atoms with E-state index in [1.807, 2.05) is 6.92 Å². The van der Waals surface area contributed by atoms with E-state index in [0.29, 0.717) is 12.6 Å². The van der Waals surface area contributed by atoms with Crippen molar-refractivity contribution in [1.82, 2.24) is 0 Å². The normalized spacial score (nSPS) is 16.6. The summed E-state index contributed by atoms with van der Waals surface area (Å²) in [6.45, 7) is 4.80. The summed E-state index contributed by atoms with van der Waals surface area (Å²) in [5.74, 6) is 0.947. The van der Waals surface area contributed by atoms with Gasteiger partial charge in [0.1, 0.15) is 5.75 Å². The standard InChI is InChI=1S/C18H20BrNO/c1-3-21-18-10-12(2)4-8-17(18)20-16-9-5-13-11-14(19)6-7-15(13)16/h4,6-8,10-11,16,20H,3,5,9H2,1-2H3. The molecule has 0 bridgehead atoms. The van der Waals surface area contributed by atoms with E-state index in [1.54, 1.807) is 0 Å². The first-order valence-corrected chi connectivity index (χ1v) is 8.25. The number of ether oxygens (including phenoxy) is 1. The van der Waals surface area contributed by atoms with E-state index < -0.39 is 0 Å². The Bertz CT molecular complexity index is 654. The molecule has 0 fully saturated rings. The predicted molar refractivity (Wildman–Crippen MR) is 91.2 cm³/mol. The van der Waals surface area contributed by atoms with Crippen LogP contribution in [0, 0.1) is 6.92 Å². The monoisotopic (exact) mass is 345 g/mol. The summed E-state index contributed by atoms with van der Waals surface area (Å²) in [6.07, 6.45) is 2.26. The largest absolute Gasteiger partial charge is 0.492 e. The predicted octanol–water partition coefficient (Wildman–Crippen LogP) is 5.26. The smallest absolute Gasteiger partial charge is 0.142 e. The number of hydrogen-bond donors (Lipinski definition) is 1. The van der Waals surface area contributed by atoms with Crippen molar-refractivity contribution in [3.05, 3.63) is 57.6 Å². The minimum atomic E-state index is 0.370. The third-order valence-electron chi connectivity index (χ3n) is 3.95. The first-order valence-electron chi connectivity index (χ1n) is 7.45. The molecule has 3 heteroatoms. The van der Waals surface area contributed by atoms with Gasteiger partial charge < -0.3 is 10.1 Å². The molecule has 1 unspecified atom stereocenters. The van der Waals surface area contributed by atoms with Gasteiger partial charge in [-0.05, 0) is 67.6 Å². The first-order chi connectivity index (χ1) is 10.2. The van der Waals surface area contributed by atoms with Crippen LogP contribution in [0.2, 0.25) is 0 Å². The van der Waals surface area contributed by atoms with Gasteiger partial charge >= 0.3 is 0 Å². The van der Waals surface area contributed by atoms with Gasteiger partial charge in [-0.1, -0.05) is 28.1 Å². The highest BCUT2D eigenvalue weighted by Crippen LogP contribution is 2.37. The van der Waals surface area contributed by atoms with E-state index in [4.69, 9.17) is 4.74 Å². The minimum absolute atomic E-state index is 0.370. The highest BCUT2D eigenvalue weighted by Gasteiger charge is 2.23. The summed E-state index contributed by atoms with van der Waals surface area (Å²) in [5.41, 5.74) is 5.15. The SMILES string of the molecule is CCOc1cc(C)ccc1NC1CCc2cc(Br)ccc21. The van der Waals surface area contributed by atoms with Crippen molar-refractivity contribution < 1.29 is 4.74 Å². The van der Waals surface area contributed by atoms with Crippen LogP contribution in [-0.4, -0.2) is 6.61 Å². The zero-order valence-electron chi connectivity index (χ0n) is 12.4. The Kier molecular flexibility index (Phi) is 4.20. The van der Waals surface area contributed by atoms with Gasteiger partial charge in [-0.15, -0.1) is 0 Å². The van der Waals surface area contributed by atoms with Crippen molar-refractivity contribution in [2.45, 2.75) is 32.7 Å². The van der Waals surface area contributed by atoms with Crippen LogP contribution in [0.5, 0.6) is 5.75 Å². The van der Waals surface area contributed by atoms with E-state index >= 15 is 0 Å². The molecule has 2 aromatic carbocycles. The van der Waals surface area contributed by atoms with Crippen LogP contribution in [-0.2, 0) is 6.42 Å². The number of anilines is 1. The lowest BCUT2D eigenvalue weighted by atomic mass is 10.1. The van der Waals surface area contributed by atoms with Gasteiger partial charge in [-0.2, -0.15) is 0 Å². The van der Waals surface area contributed by atoms with Gasteiger partial charge in [0.2, 0.25) is 0 Å². The molecule has 3 rings (SSSR count). The number of hydrogen-bond acceptors (Lipinski definition) is 2. The zero-order chi connectivity index (χ0) is 14.8. The highest BCUT2D eigenvalue weighted by molar-refractivity contribution is 9.10. The molecule has 0 aliphatic heterocycles. The van der Waals surface area contributed by atoms with Crippen LogP contribution in [0.15, 0.2) is 40.9 Å². The molecule has 0 saturated carbocycles. The van der Waals surface area contributed by atoms with E-state index in [-0.39, 0.29) is 0 Å². The lowest BCUT2D eigenvalue weighted by Gasteiger charge is -2.19. The molecule has 0 aromatic heterocycles. The van der Waals surface area contributed by atoms with Crippen molar-refractivity contribution in [3.63, 3.8) is 0 Å². The van der Waals surface area contributed by atoms with E-state index in [0.717, 1.165) is 28.8 Å². The fraction of sp³-hybridized carbons (Fsp3) is 0.333. The van der Waals surface area contributed by atoms with Crippen LogP contribution in [0.1, 0.15) is 36.1 Å². The van der Waals surface area contributed by atoms with Crippen molar-refractivity contribution in [2.24, 2.45) is 0 Å². The molecular formula is C18H20BrNO. The van der Waals surface area contributed by atoms with Crippen molar-refractivity contribution in [2.75, 3.05) is 11.9 Å². The summed E-state index contributed by atoms with van der Waals surface area (Å²) in [7, 11) is 0. The van der Waals surface area contributed by atoms with E-state index in [1.165, 1.54) is 16.7 Å². The lowest BCUT2D eigenvalue weighted by molar-refractivity contribution is 0.341. The van der Waals surface area contributed by atoms with Crippen LogP contribution < -0.4 is 10.1 Å². The third-order valence-corrected chi connectivity index (χ3v) is 4.44. The molecule has 0 spiro atoms. The number of halogens is 1. The maximum absolute atomic E-state index is 5.77. The van der Waals surface area contributed by atoms with Gasteiger partial charge in [-0.3, -0.25) is 0 Å². The number of fused-ring (bicyclic) bond motifs is 1. The molecule has 110 valence electrons. The Balaban J connectivity index is 1.86. The first kappa shape index (κ1) is 14.5. The average molecular weight is 346 g/mol. The van der Waals surface area contributed by atoms with Gasteiger partial charge in [0, 0.05) is 4.47 Å². The Morgan fingerprint density at radius 2 is 2.10 bits per heavy atom. The molecule has 1 aliphatic carbocycles. The fourth-order valence-corrected chi connectivity index (χ4v) is 3.36. The Morgan fingerprint density at radius 1 is 1.24 bits per heavy atom. The van der Waals surface area contributed by atoms with Crippen molar-refractivity contribution in [1.29, 1.82) is 0 Å².